The molecule has 1 aromatic carbocycles. The van der Waals surface area contributed by atoms with Crippen molar-refractivity contribution < 1.29 is 14.7 Å². The lowest BCUT2D eigenvalue weighted by molar-refractivity contribution is -0.148. The van der Waals surface area contributed by atoms with Crippen molar-refractivity contribution in [2.24, 2.45) is 5.41 Å². The SMILES string of the molecule is CC(C)(CC(=O)Nc1nc2ccccc2s1)C(=O)O. The van der Waals surface area contributed by atoms with Crippen LogP contribution in [0.15, 0.2) is 24.3 Å². The summed E-state index contributed by atoms with van der Waals surface area (Å²) in [7, 11) is 0. The van der Waals surface area contributed by atoms with Gasteiger partial charge in [0.15, 0.2) is 5.13 Å². The van der Waals surface area contributed by atoms with Gasteiger partial charge in [-0.05, 0) is 26.0 Å². The highest BCUT2D eigenvalue weighted by molar-refractivity contribution is 7.22. The van der Waals surface area contributed by atoms with Crippen LogP contribution in [0.2, 0.25) is 0 Å². The predicted molar refractivity (Wildman–Crippen MR) is 74.3 cm³/mol. The van der Waals surface area contributed by atoms with Crippen molar-refractivity contribution in [3.8, 4) is 0 Å². The maximum absolute atomic E-state index is 11.8. The first kappa shape index (κ1) is 13.5. The molecule has 19 heavy (non-hydrogen) atoms. The van der Waals surface area contributed by atoms with Crippen LogP contribution in [-0.2, 0) is 9.59 Å². The number of hydrogen-bond acceptors (Lipinski definition) is 4. The van der Waals surface area contributed by atoms with Gasteiger partial charge in [0.2, 0.25) is 5.91 Å². The van der Waals surface area contributed by atoms with Crippen molar-refractivity contribution in [2.75, 3.05) is 5.32 Å². The monoisotopic (exact) mass is 278 g/mol. The lowest BCUT2D eigenvalue weighted by Gasteiger charge is -2.17. The molecule has 2 rings (SSSR count). The largest absolute Gasteiger partial charge is 0.481 e. The Morgan fingerprint density at radius 3 is 2.68 bits per heavy atom. The van der Waals surface area contributed by atoms with E-state index in [1.165, 1.54) is 25.2 Å². The Morgan fingerprint density at radius 2 is 2.05 bits per heavy atom. The van der Waals surface area contributed by atoms with E-state index in [-0.39, 0.29) is 12.3 Å². The zero-order valence-electron chi connectivity index (χ0n) is 10.6. The van der Waals surface area contributed by atoms with Crippen LogP contribution in [0, 0.1) is 5.41 Å². The number of carbonyl (C=O) groups is 2. The van der Waals surface area contributed by atoms with Gasteiger partial charge >= 0.3 is 5.97 Å². The van der Waals surface area contributed by atoms with Gasteiger partial charge in [-0.3, -0.25) is 9.59 Å². The van der Waals surface area contributed by atoms with Gasteiger partial charge in [0.1, 0.15) is 0 Å². The van der Waals surface area contributed by atoms with Crippen molar-refractivity contribution in [3.63, 3.8) is 0 Å². The number of carbonyl (C=O) groups excluding carboxylic acids is 1. The van der Waals surface area contributed by atoms with Crippen LogP contribution >= 0.6 is 11.3 Å². The Bertz CT molecular complexity index is 601. The molecule has 2 aromatic rings. The number of benzene rings is 1. The van der Waals surface area contributed by atoms with E-state index in [1.807, 2.05) is 24.3 Å². The highest BCUT2D eigenvalue weighted by Crippen LogP contribution is 2.27. The van der Waals surface area contributed by atoms with E-state index in [0.717, 1.165) is 10.2 Å². The Labute approximate surface area is 114 Å². The number of amides is 1. The molecule has 0 radical (unpaired) electrons. The van der Waals surface area contributed by atoms with E-state index in [9.17, 15) is 9.59 Å². The number of anilines is 1. The first-order valence-corrected chi connectivity index (χ1v) is 6.59. The van der Waals surface area contributed by atoms with E-state index < -0.39 is 11.4 Å². The summed E-state index contributed by atoms with van der Waals surface area (Å²) in [6.07, 6.45) is -0.0851. The smallest absolute Gasteiger partial charge is 0.309 e. The Kier molecular flexibility index (Phi) is 3.53. The van der Waals surface area contributed by atoms with Gasteiger partial charge in [0.25, 0.3) is 0 Å². The highest BCUT2D eigenvalue weighted by atomic mass is 32.1. The van der Waals surface area contributed by atoms with Crippen LogP contribution in [0.4, 0.5) is 5.13 Å². The second kappa shape index (κ2) is 4.97. The van der Waals surface area contributed by atoms with Crippen molar-refractivity contribution in [3.05, 3.63) is 24.3 Å². The third kappa shape index (κ3) is 3.08. The molecule has 0 bridgehead atoms. The standard InChI is InChI=1S/C13H14N2O3S/c1-13(2,11(17)18)7-10(16)15-12-14-8-5-3-4-6-9(8)19-12/h3-6H,7H2,1-2H3,(H,17,18)(H,14,15,16). The average Bonchev–Trinajstić information content (AvgIpc) is 2.69. The number of aliphatic carboxylic acids is 1. The number of para-hydroxylation sites is 1. The second-order valence-electron chi connectivity index (χ2n) is 4.90. The van der Waals surface area contributed by atoms with Gasteiger partial charge in [-0.1, -0.05) is 23.5 Å². The lowest BCUT2D eigenvalue weighted by atomic mass is 9.89. The molecule has 5 nitrogen and oxygen atoms in total. The molecule has 1 aromatic heterocycles. The van der Waals surface area contributed by atoms with Gasteiger partial charge in [0, 0.05) is 6.42 Å². The molecule has 0 aliphatic heterocycles. The summed E-state index contributed by atoms with van der Waals surface area (Å²) in [5.41, 5.74) is -0.263. The molecule has 100 valence electrons. The summed E-state index contributed by atoms with van der Waals surface area (Å²) in [6.45, 7) is 3.04. The van der Waals surface area contributed by atoms with Crippen LogP contribution < -0.4 is 5.32 Å². The maximum atomic E-state index is 11.8. The molecule has 0 atom stereocenters. The highest BCUT2D eigenvalue weighted by Gasteiger charge is 2.30. The van der Waals surface area contributed by atoms with Crippen LogP contribution in [-0.4, -0.2) is 22.0 Å². The Morgan fingerprint density at radius 1 is 1.37 bits per heavy atom. The quantitative estimate of drug-likeness (QED) is 0.901. The summed E-state index contributed by atoms with van der Waals surface area (Å²) in [6, 6.07) is 7.56. The first-order valence-electron chi connectivity index (χ1n) is 5.77. The number of nitrogens with one attached hydrogen (secondary N) is 1. The second-order valence-corrected chi connectivity index (χ2v) is 5.93. The fourth-order valence-electron chi connectivity index (χ4n) is 1.57. The summed E-state index contributed by atoms with van der Waals surface area (Å²) in [5, 5.41) is 12.1. The molecule has 2 N–H and O–H groups in total. The fourth-order valence-corrected chi connectivity index (χ4v) is 2.45. The predicted octanol–water partition coefficient (Wildman–Crippen LogP) is 2.74. The van der Waals surface area contributed by atoms with E-state index in [0.29, 0.717) is 5.13 Å². The number of thiazole rings is 1. The summed E-state index contributed by atoms with van der Waals surface area (Å²) < 4.78 is 0.982. The summed E-state index contributed by atoms with van der Waals surface area (Å²) >= 11 is 1.37. The third-order valence-electron chi connectivity index (χ3n) is 2.72. The number of hydrogen-bond donors (Lipinski definition) is 2. The molecule has 0 saturated carbocycles. The minimum absolute atomic E-state index is 0.0851. The van der Waals surface area contributed by atoms with E-state index in [4.69, 9.17) is 5.11 Å². The number of fused-ring (bicyclic) bond motifs is 1. The van der Waals surface area contributed by atoms with Crippen LogP contribution in [0.1, 0.15) is 20.3 Å². The van der Waals surface area contributed by atoms with Gasteiger partial charge in [-0.25, -0.2) is 4.98 Å². The van der Waals surface area contributed by atoms with Crippen molar-refractivity contribution in [2.45, 2.75) is 20.3 Å². The molecular formula is C13H14N2O3S. The number of aromatic nitrogens is 1. The van der Waals surface area contributed by atoms with Gasteiger partial charge in [-0.2, -0.15) is 0 Å². The van der Waals surface area contributed by atoms with E-state index in [1.54, 1.807) is 0 Å². The lowest BCUT2D eigenvalue weighted by Crippen LogP contribution is -2.29. The van der Waals surface area contributed by atoms with Gasteiger partial charge in [0.05, 0.1) is 15.6 Å². The number of nitrogens with zero attached hydrogens (tertiary/aromatic N) is 1. The van der Waals surface area contributed by atoms with Crippen molar-refractivity contribution in [1.82, 2.24) is 4.98 Å². The molecule has 0 fully saturated rings. The molecule has 0 saturated heterocycles. The van der Waals surface area contributed by atoms with Gasteiger partial charge in [-0.15, -0.1) is 0 Å². The molecule has 0 unspecified atom stereocenters. The normalized spacial score (nSPS) is 11.5. The molecule has 1 heterocycles. The molecule has 0 spiro atoms. The van der Waals surface area contributed by atoms with Crippen LogP contribution in [0.5, 0.6) is 0 Å². The van der Waals surface area contributed by atoms with Crippen molar-refractivity contribution in [1.29, 1.82) is 0 Å². The molecule has 0 aliphatic rings. The summed E-state index contributed by atoms with van der Waals surface area (Å²) in [5.74, 6) is -1.33. The average molecular weight is 278 g/mol. The Hall–Kier alpha value is -1.95. The van der Waals surface area contributed by atoms with Gasteiger partial charge < -0.3 is 10.4 Å². The minimum atomic E-state index is -1.08. The molecule has 0 aliphatic carbocycles. The number of carboxylic acids is 1. The number of carboxylic acid groups (broad SMARTS) is 1. The number of rotatable bonds is 4. The maximum Gasteiger partial charge on any atom is 0.309 e. The van der Waals surface area contributed by atoms with Crippen molar-refractivity contribution >= 4 is 38.6 Å². The first-order chi connectivity index (χ1) is 8.88. The fraction of sp³-hybridized carbons (Fsp3) is 0.308. The molecule has 6 heteroatoms. The molecule has 1 amide bonds. The van der Waals surface area contributed by atoms with E-state index >= 15 is 0 Å². The topological polar surface area (TPSA) is 79.3 Å². The zero-order valence-corrected chi connectivity index (χ0v) is 11.5. The van der Waals surface area contributed by atoms with Crippen LogP contribution in [0.3, 0.4) is 0 Å². The summed E-state index contributed by atoms with van der Waals surface area (Å²) in [4.78, 5) is 27.0. The minimum Gasteiger partial charge on any atom is -0.481 e. The third-order valence-corrected chi connectivity index (χ3v) is 3.67. The Balaban J connectivity index is 2.09. The molecular weight excluding hydrogens is 264 g/mol. The zero-order chi connectivity index (χ0) is 14.0. The van der Waals surface area contributed by atoms with E-state index in [2.05, 4.69) is 10.3 Å². The van der Waals surface area contributed by atoms with Crippen LogP contribution in [0.25, 0.3) is 10.2 Å².